The maximum absolute atomic E-state index is 8.98. The SMILES string of the molecule is CC(C)(CCO)NCc1cnc(-c2ccsc2)s1. The summed E-state index contributed by atoms with van der Waals surface area (Å²) in [6.07, 6.45) is 2.68. The van der Waals surface area contributed by atoms with Crippen molar-refractivity contribution in [3.05, 3.63) is 27.9 Å². The van der Waals surface area contributed by atoms with E-state index >= 15 is 0 Å². The highest BCUT2D eigenvalue weighted by Crippen LogP contribution is 2.27. The minimum atomic E-state index is -0.0404. The van der Waals surface area contributed by atoms with Gasteiger partial charge in [-0.25, -0.2) is 4.98 Å². The van der Waals surface area contributed by atoms with Gasteiger partial charge in [-0.05, 0) is 31.7 Å². The van der Waals surface area contributed by atoms with Gasteiger partial charge >= 0.3 is 0 Å². The van der Waals surface area contributed by atoms with Crippen molar-refractivity contribution >= 4 is 22.7 Å². The molecule has 0 aromatic carbocycles. The summed E-state index contributed by atoms with van der Waals surface area (Å²) in [7, 11) is 0. The van der Waals surface area contributed by atoms with Crippen LogP contribution in [0.3, 0.4) is 0 Å². The molecule has 5 heteroatoms. The number of nitrogens with one attached hydrogen (secondary N) is 1. The predicted molar refractivity (Wildman–Crippen MR) is 78.0 cm³/mol. The van der Waals surface area contributed by atoms with E-state index < -0.39 is 0 Å². The van der Waals surface area contributed by atoms with Crippen LogP contribution in [-0.4, -0.2) is 22.2 Å². The molecule has 2 N–H and O–H groups in total. The quantitative estimate of drug-likeness (QED) is 0.855. The van der Waals surface area contributed by atoms with Crippen LogP contribution in [0, 0.1) is 0 Å². The van der Waals surface area contributed by atoms with Gasteiger partial charge in [0.25, 0.3) is 0 Å². The van der Waals surface area contributed by atoms with E-state index in [9.17, 15) is 0 Å². The number of rotatable bonds is 6. The van der Waals surface area contributed by atoms with Crippen LogP contribution >= 0.6 is 22.7 Å². The second-order valence-electron chi connectivity index (χ2n) is 4.85. The van der Waals surface area contributed by atoms with Crippen LogP contribution in [0.5, 0.6) is 0 Å². The van der Waals surface area contributed by atoms with Crippen molar-refractivity contribution in [2.45, 2.75) is 32.4 Å². The Morgan fingerprint density at radius 2 is 2.28 bits per heavy atom. The van der Waals surface area contributed by atoms with Gasteiger partial charge in [0.1, 0.15) is 5.01 Å². The topological polar surface area (TPSA) is 45.1 Å². The van der Waals surface area contributed by atoms with Crippen LogP contribution in [-0.2, 0) is 6.54 Å². The zero-order chi connectivity index (χ0) is 13.0. The Balaban J connectivity index is 1.95. The zero-order valence-corrected chi connectivity index (χ0v) is 12.3. The third kappa shape index (κ3) is 3.62. The molecule has 2 heterocycles. The van der Waals surface area contributed by atoms with Gasteiger partial charge < -0.3 is 10.4 Å². The van der Waals surface area contributed by atoms with Crippen LogP contribution in [0.15, 0.2) is 23.0 Å². The number of thiophene rings is 1. The lowest BCUT2D eigenvalue weighted by atomic mass is 10.0. The Bertz CT molecular complexity index is 477. The van der Waals surface area contributed by atoms with Crippen LogP contribution in [0.2, 0.25) is 0 Å². The van der Waals surface area contributed by atoms with Crippen LogP contribution in [0.1, 0.15) is 25.1 Å². The molecule has 2 aromatic heterocycles. The molecule has 0 unspecified atom stereocenters. The summed E-state index contributed by atoms with van der Waals surface area (Å²) in [4.78, 5) is 5.67. The number of hydrogen-bond acceptors (Lipinski definition) is 5. The summed E-state index contributed by atoms with van der Waals surface area (Å²) >= 11 is 3.41. The van der Waals surface area contributed by atoms with Gasteiger partial charge in [0.15, 0.2) is 0 Å². The molecule has 0 atom stereocenters. The molecule has 0 bridgehead atoms. The Hall–Kier alpha value is -0.750. The van der Waals surface area contributed by atoms with Gasteiger partial charge in [-0.3, -0.25) is 0 Å². The number of hydrogen-bond donors (Lipinski definition) is 2. The Labute approximate surface area is 116 Å². The zero-order valence-electron chi connectivity index (χ0n) is 10.6. The average molecular weight is 282 g/mol. The molecule has 0 aliphatic carbocycles. The largest absolute Gasteiger partial charge is 0.396 e. The van der Waals surface area contributed by atoms with E-state index in [-0.39, 0.29) is 12.1 Å². The molecule has 0 amide bonds. The molecular formula is C13H18N2OS2. The van der Waals surface area contributed by atoms with Gasteiger partial charge in [0.05, 0.1) is 0 Å². The van der Waals surface area contributed by atoms with Gasteiger partial charge in [0, 0.05) is 40.7 Å². The van der Waals surface area contributed by atoms with Crippen molar-refractivity contribution in [1.82, 2.24) is 10.3 Å². The number of nitrogens with zero attached hydrogens (tertiary/aromatic N) is 1. The Morgan fingerprint density at radius 3 is 2.94 bits per heavy atom. The summed E-state index contributed by atoms with van der Waals surface area (Å²) in [5, 5.41) is 17.7. The van der Waals surface area contributed by atoms with Crippen molar-refractivity contribution in [2.75, 3.05) is 6.61 Å². The minimum Gasteiger partial charge on any atom is -0.396 e. The fraction of sp³-hybridized carbons (Fsp3) is 0.462. The summed E-state index contributed by atoms with van der Waals surface area (Å²) < 4.78 is 0. The first-order valence-corrected chi connectivity index (χ1v) is 7.70. The molecule has 98 valence electrons. The number of aliphatic hydroxyl groups is 1. The second-order valence-corrected chi connectivity index (χ2v) is 6.75. The highest BCUT2D eigenvalue weighted by molar-refractivity contribution is 7.15. The fourth-order valence-electron chi connectivity index (χ4n) is 1.60. The predicted octanol–water partition coefficient (Wildman–Crippen LogP) is 3.12. The monoisotopic (exact) mass is 282 g/mol. The molecule has 18 heavy (non-hydrogen) atoms. The van der Waals surface area contributed by atoms with Crippen molar-refractivity contribution in [3.63, 3.8) is 0 Å². The minimum absolute atomic E-state index is 0.0404. The van der Waals surface area contributed by atoms with Gasteiger partial charge in [0.2, 0.25) is 0 Å². The van der Waals surface area contributed by atoms with Gasteiger partial charge in [-0.2, -0.15) is 11.3 Å². The molecule has 0 spiro atoms. The maximum atomic E-state index is 8.98. The normalized spacial score (nSPS) is 11.9. The Morgan fingerprint density at radius 1 is 1.44 bits per heavy atom. The van der Waals surface area contributed by atoms with Crippen molar-refractivity contribution in [3.8, 4) is 10.6 Å². The molecule has 0 aliphatic rings. The third-order valence-electron chi connectivity index (χ3n) is 2.80. The first-order chi connectivity index (χ1) is 8.61. The number of aliphatic hydroxyl groups excluding tert-OH is 1. The van der Waals surface area contributed by atoms with Crippen molar-refractivity contribution in [1.29, 1.82) is 0 Å². The van der Waals surface area contributed by atoms with Gasteiger partial charge in [-0.15, -0.1) is 11.3 Å². The molecule has 0 radical (unpaired) electrons. The van der Waals surface area contributed by atoms with E-state index in [0.717, 1.165) is 18.0 Å². The molecule has 0 saturated carbocycles. The molecule has 0 saturated heterocycles. The molecule has 0 aliphatic heterocycles. The first kappa shape index (κ1) is 13.7. The molecule has 3 nitrogen and oxygen atoms in total. The van der Waals surface area contributed by atoms with E-state index in [1.807, 2.05) is 6.20 Å². The highest BCUT2D eigenvalue weighted by Gasteiger charge is 2.16. The molecule has 2 aromatic rings. The average Bonchev–Trinajstić information content (AvgIpc) is 2.97. The highest BCUT2D eigenvalue weighted by atomic mass is 32.1. The van der Waals surface area contributed by atoms with Gasteiger partial charge in [-0.1, -0.05) is 0 Å². The lowest BCUT2D eigenvalue weighted by molar-refractivity contribution is 0.230. The maximum Gasteiger partial charge on any atom is 0.124 e. The number of thiazole rings is 1. The summed E-state index contributed by atoms with van der Waals surface area (Å²) in [6.45, 7) is 5.21. The summed E-state index contributed by atoms with van der Waals surface area (Å²) in [5.74, 6) is 0. The standard InChI is InChI=1S/C13H18N2OS2/c1-13(2,4-5-16)15-8-11-7-14-12(18-11)10-3-6-17-9-10/h3,6-7,9,15-16H,4-5,8H2,1-2H3. The molecular weight excluding hydrogens is 264 g/mol. The molecule has 0 fully saturated rings. The second kappa shape index (κ2) is 5.93. The summed E-state index contributed by atoms with van der Waals surface area (Å²) in [6, 6.07) is 2.09. The molecule has 2 rings (SSSR count). The van der Waals surface area contributed by atoms with E-state index in [1.54, 1.807) is 22.7 Å². The van der Waals surface area contributed by atoms with E-state index in [0.29, 0.717) is 0 Å². The van der Waals surface area contributed by atoms with Crippen molar-refractivity contribution in [2.24, 2.45) is 0 Å². The fourth-order valence-corrected chi connectivity index (χ4v) is 3.17. The van der Waals surface area contributed by atoms with E-state index in [1.165, 1.54) is 10.4 Å². The van der Waals surface area contributed by atoms with Crippen molar-refractivity contribution < 1.29 is 5.11 Å². The van der Waals surface area contributed by atoms with E-state index in [2.05, 4.69) is 41.0 Å². The number of aromatic nitrogens is 1. The van der Waals surface area contributed by atoms with Crippen LogP contribution in [0.25, 0.3) is 10.6 Å². The Kier molecular flexibility index (Phi) is 4.50. The van der Waals surface area contributed by atoms with Crippen LogP contribution in [0.4, 0.5) is 0 Å². The third-order valence-corrected chi connectivity index (χ3v) is 4.53. The van der Waals surface area contributed by atoms with Crippen LogP contribution < -0.4 is 5.32 Å². The van der Waals surface area contributed by atoms with E-state index in [4.69, 9.17) is 5.11 Å². The smallest absolute Gasteiger partial charge is 0.124 e. The first-order valence-electron chi connectivity index (χ1n) is 5.94. The lowest BCUT2D eigenvalue weighted by Crippen LogP contribution is -2.39. The summed E-state index contributed by atoms with van der Waals surface area (Å²) in [5.41, 5.74) is 1.16. The lowest BCUT2D eigenvalue weighted by Gasteiger charge is -2.24.